The first kappa shape index (κ1) is 20.9. The van der Waals surface area contributed by atoms with Crippen LogP contribution in [0.15, 0.2) is 53.4 Å². The van der Waals surface area contributed by atoms with Crippen LogP contribution in [0.5, 0.6) is 0 Å². The number of amides is 1. The van der Waals surface area contributed by atoms with Crippen LogP contribution in [0.3, 0.4) is 0 Å². The van der Waals surface area contributed by atoms with Gasteiger partial charge >= 0.3 is 0 Å². The van der Waals surface area contributed by atoms with Crippen LogP contribution in [-0.2, 0) is 14.8 Å². The van der Waals surface area contributed by atoms with Crippen molar-refractivity contribution >= 4 is 27.3 Å². The van der Waals surface area contributed by atoms with E-state index in [2.05, 4.69) is 10.2 Å². The molecule has 2 aliphatic heterocycles. The summed E-state index contributed by atoms with van der Waals surface area (Å²) >= 11 is 0. The van der Waals surface area contributed by atoms with Crippen LogP contribution < -0.4 is 10.2 Å². The molecule has 0 saturated carbocycles. The predicted molar refractivity (Wildman–Crippen MR) is 119 cm³/mol. The molecule has 160 valence electrons. The van der Waals surface area contributed by atoms with Crippen molar-refractivity contribution in [3.8, 4) is 0 Å². The van der Waals surface area contributed by atoms with E-state index in [0.29, 0.717) is 18.7 Å². The zero-order valence-electron chi connectivity index (χ0n) is 17.4. The number of nitrogens with one attached hydrogen (secondary N) is 1. The lowest BCUT2D eigenvalue weighted by Crippen LogP contribution is -2.49. The van der Waals surface area contributed by atoms with Gasteiger partial charge in [0.1, 0.15) is 6.04 Å². The molecule has 1 amide bonds. The summed E-state index contributed by atoms with van der Waals surface area (Å²) in [5.74, 6) is -0.265. The van der Waals surface area contributed by atoms with Gasteiger partial charge < -0.3 is 10.2 Å². The molecule has 1 N–H and O–H groups in total. The van der Waals surface area contributed by atoms with E-state index in [4.69, 9.17) is 0 Å². The summed E-state index contributed by atoms with van der Waals surface area (Å²) in [5.41, 5.74) is 2.85. The first-order valence-electron chi connectivity index (χ1n) is 10.7. The zero-order valence-corrected chi connectivity index (χ0v) is 18.2. The van der Waals surface area contributed by atoms with E-state index in [1.807, 2.05) is 31.2 Å². The molecule has 0 unspecified atom stereocenters. The van der Waals surface area contributed by atoms with Crippen molar-refractivity contribution in [3.05, 3.63) is 54.1 Å². The summed E-state index contributed by atoms with van der Waals surface area (Å²) in [4.78, 5) is 15.6. The highest BCUT2D eigenvalue weighted by Crippen LogP contribution is 2.27. The highest BCUT2D eigenvalue weighted by molar-refractivity contribution is 7.89. The topological polar surface area (TPSA) is 69.7 Å². The molecule has 2 aromatic rings. The molecule has 7 heteroatoms. The fourth-order valence-corrected chi connectivity index (χ4v) is 5.91. The van der Waals surface area contributed by atoms with Crippen LogP contribution in [0.25, 0.3) is 0 Å². The van der Waals surface area contributed by atoms with Crippen LogP contribution in [0.4, 0.5) is 11.4 Å². The van der Waals surface area contributed by atoms with E-state index in [9.17, 15) is 13.2 Å². The van der Waals surface area contributed by atoms with Crippen molar-refractivity contribution in [2.75, 3.05) is 29.9 Å². The van der Waals surface area contributed by atoms with Crippen molar-refractivity contribution in [1.29, 1.82) is 0 Å². The Hall–Kier alpha value is -2.38. The molecule has 0 spiro atoms. The SMILES string of the molecule is Cc1ccc(S(=O)(=O)N2CCCC[C@H]2C(=O)Nc2ccc(N3CCCC3)cc2)cc1. The maximum absolute atomic E-state index is 13.2. The molecule has 2 fully saturated rings. The number of hydrogen-bond acceptors (Lipinski definition) is 4. The van der Waals surface area contributed by atoms with E-state index in [-0.39, 0.29) is 10.8 Å². The Morgan fingerprint density at radius 3 is 2.20 bits per heavy atom. The number of benzene rings is 2. The summed E-state index contributed by atoms with van der Waals surface area (Å²) in [6.07, 6.45) is 4.56. The summed E-state index contributed by atoms with van der Waals surface area (Å²) < 4.78 is 27.8. The van der Waals surface area contributed by atoms with Crippen LogP contribution in [0, 0.1) is 6.92 Å². The van der Waals surface area contributed by atoms with Crippen LogP contribution in [-0.4, -0.2) is 44.3 Å². The number of hydrogen-bond donors (Lipinski definition) is 1. The smallest absolute Gasteiger partial charge is 0.243 e. The highest BCUT2D eigenvalue weighted by Gasteiger charge is 2.37. The molecule has 0 bridgehead atoms. The number of aryl methyl sites for hydroxylation is 1. The van der Waals surface area contributed by atoms with Crippen molar-refractivity contribution in [2.45, 2.75) is 50.0 Å². The Labute approximate surface area is 178 Å². The minimum atomic E-state index is -3.72. The fraction of sp³-hybridized carbons (Fsp3) is 0.435. The Bertz CT molecular complexity index is 981. The number of piperidine rings is 1. The molecule has 2 heterocycles. The monoisotopic (exact) mass is 427 g/mol. The maximum Gasteiger partial charge on any atom is 0.243 e. The molecule has 0 aliphatic carbocycles. The third-order valence-corrected chi connectivity index (χ3v) is 7.91. The van der Waals surface area contributed by atoms with Gasteiger partial charge in [0.05, 0.1) is 4.90 Å². The normalized spacial score (nSPS) is 20.3. The second-order valence-electron chi connectivity index (χ2n) is 8.17. The third kappa shape index (κ3) is 4.37. The second kappa shape index (κ2) is 8.78. The number of anilines is 2. The molecule has 0 radical (unpaired) electrons. The Balaban J connectivity index is 1.49. The number of nitrogens with zero attached hydrogens (tertiary/aromatic N) is 2. The van der Waals surface area contributed by atoms with E-state index >= 15 is 0 Å². The fourth-order valence-electron chi connectivity index (χ4n) is 4.26. The van der Waals surface area contributed by atoms with Crippen molar-refractivity contribution in [1.82, 2.24) is 4.31 Å². The summed E-state index contributed by atoms with van der Waals surface area (Å²) in [5, 5.41) is 2.93. The number of rotatable bonds is 5. The summed E-state index contributed by atoms with van der Waals surface area (Å²) in [6.45, 7) is 4.42. The van der Waals surface area contributed by atoms with Crippen LogP contribution >= 0.6 is 0 Å². The lowest BCUT2D eigenvalue weighted by Gasteiger charge is -2.33. The van der Waals surface area contributed by atoms with Gasteiger partial charge in [-0.2, -0.15) is 4.31 Å². The maximum atomic E-state index is 13.2. The van der Waals surface area contributed by atoms with Gasteiger partial charge in [0.15, 0.2) is 0 Å². The quantitative estimate of drug-likeness (QED) is 0.788. The van der Waals surface area contributed by atoms with Gasteiger partial charge in [0.2, 0.25) is 15.9 Å². The Morgan fingerprint density at radius 1 is 0.900 bits per heavy atom. The van der Waals surface area contributed by atoms with Gasteiger partial charge in [-0.15, -0.1) is 0 Å². The van der Waals surface area contributed by atoms with Crippen molar-refractivity contribution in [3.63, 3.8) is 0 Å². The standard InChI is InChI=1S/C23H29N3O3S/c1-18-7-13-21(14-8-18)30(28,29)26-17-3-2-6-22(26)23(27)24-19-9-11-20(12-10-19)25-15-4-5-16-25/h7-14,22H,2-6,15-17H2,1H3,(H,24,27)/t22-/m0/s1. The lowest BCUT2D eigenvalue weighted by atomic mass is 10.0. The number of carbonyl (C=O) groups excluding carboxylic acids is 1. The molecule has 6 nitrogen and oxygen atoms in total. The molecule has 4 rings (SSSR count). The molecule has 2 saturated heterocycles. The van der Waals surface area contributed by atoms with Crippen LogP contribution in [0.1, 0.15) is 37.7 Å². The molecule has 30 heavy (non-hydrogen) atoms. The molecule has 2 aliphatic rings. The van der Waals surface area contributed by atoms with Gasteiger partial charge in [0.25, 0.3) is 0 Å². The first-order valence-corrected chi connectivity index (χ1v) is 12.1. The summed E-state index contributed by atoms with van der Waals surface area (Å²) in [6, 6.07) is 13.9. The van der Waals surface area contributed by atoms with Crippen molar-refractivity contribution in [2.24, 2.45) is 0 Å². The molecule has 0 aromatic heterocycles. The minimum Gasteiger partial charge on any atom is -0.372 e. The first-order chi connectivity index (χ1) is 14.4. The Morgan fingerprint density at radius 2 is 1.53 bits per heavy atom. The van der Waals surface area contributed by atoms with E-state index in [0.717, 1.165) is 37.2 Å². The Kier molecular flexibility index (Phi) is 6.11. The van der Waals surface area contributed by atoms with Crippen molar-refractivity contribution < 1.29 is 13.2 Å². The largest absolute Gasteiger partial charge is 0.372 e. The van der Waals surface area contributed by atoms with Gasteiger partial charge in [-0.1, -0.05) is 24.1 Å². The zero-order chi connectivity index (χ0) is 21.1. The van der Waals surface area contributed by atoms with Crippen LogP contribution in [0.2, 0.25) is 0 Å². The third-order valence-electron chi connectivity index (χ3n) is 5.99. The molecule has 2 aromatic carbocycles. The van der Waals surface area contributed by atoms with Gasteiger partial charge in [-0.3, -0.25) is 4.79 Å². The van der Waals surface area contributed by atoms with Gasteiger partial charge in [0, 0.05) is 31.0 Å². The second-order valence-corrected chi connectivity index (χ2v) is 10.1. The minimum absolute atomic E-state index is 0.239. The number of carbonyl (C=O) groups is 1. The number of sulfonamides is 1. The van der Waals surface area contributed by atoms with Gasteiger partial charge in [-0.05, 0) is 69.0 Å². The van der Waals surface area contributed by atoms with E-state index < -0.39 is 16.1 Å². The average molecular weight is 428 g/mol. The van der Waals surface area contributed by atoms with Gasteiger partial charge in [-0.25, -0.2) is 8.42 Å². The van der Waals surface area contributed by atoms with E-state index in [1.54, 1.807) is 24.3 Å². The molecular weight excluding hydrogens is 398 g/mol. The van der Waals surface area contributed by atoms with E-state index in [1.165, 1.54) is 17.1 Å². The predicted octanol–water partition coefficient (Wildman–Crippen LogP) is 3.78. The molecular formula is C23H29N3O3S. The molecule has 1 atom stereocenters. The average Bonchev–Trinajstić information content (AvgIpc) is 3.29. The lowest BCUT2D eigenvalue weighted by molar-refractivity contribution is -0.120. The summed E-state index contributed by atoms with van der Waals surface area (Å²) in [7, 11) is -3.72. The highest BCUT2D eigenvalue weighted by atomic mass is 32.2.